The van der Waals surface area contributed by atoms with Gasteiger partial charge < -0.3 is 14.4 Å². The van der Waals surface area contributed by atoms with Crippen LogP contribution in [0.1, 0.15) is 44.1 Å². The average Bonchev–Trinajstić information content (AvgIpc) is 3.42. The summed E-state index contributed by atoms with van der Waals surface area (Å²) >= 11 is 0. The van der Waals surface area contributed by atoms with Crippen molar-refractivity contribution in [2.45, 2.75) is 44.6 Å². The number of rotatable bonds is 5. The Bertz CT molecular complexity index is 1110. The summed E-state index contributed by atoms with van der Waals surface area (Å²) < 4.78 is 11.3. The van der Waals surface area contributed by atoms with Crippen molar-refractivity contribution in [3.63, 3.8) is 0 Å². The number of hydrogen-bond acceptors (Lipinski definition) is 4. The zero-order valence-electron chi connectivity index (χ0n) is 19.5. The molecule has 5 nitrogen and oxygen atoms in total. The lowest BCUT2D eigenvalue weighted by Gasteiger charge is -2.36. The SMILES string of the molecule is COc1cc2cccnc2cc1-c1ccc([C@H](C)C2CCN(C(=O)[C@H]3CCCO3)CC2)cc1. The fourth-order valence-corrected chi connectivity index (χ4v) is 5.33. The molecule has 2 atom stereocenters. The van der Waals surface area contributed by atoms with E-state index in [1.54, 1.807) is 7.11 Å². The Balaban J connectivity index is 1.27. The van der Waals surface area contributed by atoms with E-state index < -0.39 is 0 Å². The van der Waals surface area contributed by atoms with Gasteiger partial charge in [0.25, 0.3) is 5.91 Å². The number of likely N-dealkylation sites (tertiary alicyclic amines) is 1. The molecule has 5 heteroatoms. The molecular weight excluding hydrogens is 412 g/mol. The monoisotopic (exact) mass is 444 g/mol. The summed E-state index contributed by atoms with van der Waals surface area (Å²) in [7, 11) is 1.72. The maximum Gasteiger partial charge on any atom is 0.251 e. The topological polar surface area (TPSA) is 51.7 Å². The normalized spacial score (nSPS) is 20.2. The van der Waals surface area contributed by atoms with Gasteiger partial charge in [0.2, 0.25) is 0 Å². The highest BCUT2D eigenvalue weighted by molar-refractivity contribution is 5.88. The number of pyridine rings is 1. The van der Waals surface area contributed by atoms with E-state index in [1.165, 1.54) is 5.56 Å². The van der Waals surface area contributed by atoms with Gasteiger partial charge in [-0.25, -0.2) is 0 Å². The molecule has 0 spiro atoms. The zero-order chi connectivity index (χ0) is 22.8. The van der Waals surface area contributed by atoms with Gasteiger partial charge in [-0.05, 0) is 66.8 Å². The first-order valence-electron chi connectivity index (χ1n) is 12.1. The Morgan fingerprint density at radius 3 is 2.61 bits per heavy atom. The number of aromatic nitrogens is 1. The van der Waals surface area contributed by atoms with Gasteiger partial charge in [0.05, 0.1) is 12.6 Å². The Morgan fingerprint density at radius 1 is 1.12 bits per heavy atom. The van der Waals surface area contributed by atoms with Gasteiger partial charge in [0, 0.05) is 36.8 Å². The molecule has 0 aliphatic carbocycles. The lowest BCUT2D eigenvalue weighted by molar-refractivity contribution is -0.142. The minimum atomic E-state index is -0.200. The molecule has 2 aliphatic rings. The second kappa shape index (κ2) is 9.52. The number of carbonyl (C=O) groups excluding carboxylic acids is 1. The van der Waals surface area contributed by atoms with Crippen LogP contribution in [0.3, 0.4) is 0 Å². The predicted octanol–water partition coefficient (Wildman–Crippen LogP) is 5.43. The first-order chi connectivity index (χ1) is 16.1. The second-order valence-corrected chi connectivity index (χ2v) is 9.32. The Labute approximate surface area is 195 Å². The largest absolute Gasteiger partial charge is 0.496 e. The van der Waals surface area contributed by atoms with Crippen molar-refractivity contribution >= 4 is 16.8 Å². The van der Waals surface area contributed by atoms with Crippen LogP contribution in [0.25, 0.3) is 22.0 Å². The molecule has 0 unspecified atom stereocenters. The third-order valence-electron chi connectivity index (χ3n) is 7.44. The van der Waals surface area contributed by atoms with Crippen LogP contribution < -0.4 is 4.74 Å². The smallest absolute Gasteiger partial charge is 0.251 e. The van der Waals surface area contributed by atoms with Gasteiger partial charge in [0.1, 0.15) is 11.9 Å². The molecule has 2 saturated heterocycles. The average molecular weight is 445 g/mol. The molecule has 0 saturated carbocycles. The fourth-order valence-electron chi connectivity index (χ4n) is 5.33. The quantitative estimate of drug-likeness (QED) is 0.526. The second-order valence-electron chi connectivity index (χ2n) is 9.32. The van der Waals surface area contributed by atoms with Crippen molar-refractivity contribution in [3.05, 3.63) is 60.3 Å². The van der Waals surface area contributed by atoms with Crippen LogP contribution in [0.15, 0.2) is 54.7 Å². The maximum absolute atomic E-state index is 12.6. The molecule has 172 valence electrons. The summed E-state index contributed by atoms with van der Waals surface area (Å²) in [4.78, 5) is 19.2. The molecule has 1 aromatic heterocycles. The first-order valence-corrected chi connectivity index (χ1v) is 12.1. The number of hydrogen-bond donors (Lipinski definition) is 0. The summed E-state index contributed by atoms with van der Waals surface area (Å²) in [5.41, 5.74) is 4.51. The van der Waals surface area contributed by atoms with E-state index in [1.807, 2.05) is 17.2 Å². The van der Waals surface area contributed by atoms with Crippen LogP contribution in [0, 0.1) is 5.92 Å². The number of amides is 1. The zero-order valence-corrected chi connectivity index (χ0v) is 19.5. The highest BCUT2D eigenvalue weighted by Gasteiger charge is 2.32. The highest BCUT2D eigenvalue weighted by atomic mass is 16.5. The minimum Gasteiger partial charge on any atom is -0.496 e. The predicted molar refractivity (Wildman–Crippen MR) is 130 cm³/mol. The lowest BCUT2D eigenvalue weighted by atomic mass is 9.81. The van der Waals surface area contributed by atoms with E-state index in [2.05, 4.69) is 54.4 Å². The number of methoxy groups -OCH3 is 1. The fraction of sp³-hybridized carbons (Fsp3) is 0.429. The molecule has 2 aromatic carbocycles. The molecule has 0 radical (unpaired) electrons. The standard InChI is InChI=1S/C28H32N2O3/c1-19(21-11-14-30(15-12-21)28(31)26-6-4-16-33-26)20-7-9-22(10-8-20)24-18-25-23(5-3-13-29-25)17-27(24)32-2/h3,5,7-10,13,17-19,21,26H,4,6,11-12,14-16H2,1-2H3/t19-,26+/m0/s1. The number of ether oxygens (including phenoxy) is 2. The van der Waals surface area contributed by atoms with Crippen LogP contribution in [-0.4, -0.2) is 48.7 Å². The van der Waals surface area contributed by atoms with Gasteiger partial charge in [-0.3, -0.25) is 9.78 Å². The molecule has 33 heavy (non-hydrogen) atoms. The van der Waals surface area contributed by atoms with Crippen LogP contribution >= 0.6 is 0 Å². The molecular formula is C28H32N2O3. The van der Waals surface area contributed by atoms with Crippen molar-refractivity contribution in [1.82, 2.24) is 9.88 Å². The van der Waals surface area contributed by atoms with Gasteiger partial charge in [-0.15, -0.1) is 0 Å². The molecule has 0 bridgehead atoms. The van der Waals surface area contributed by atoms with Gasteiger partial charge in [-0.1, -0.05) is 37.3 Å². The van der Waals surface area contributed by atoms with Gasteiger partial charge >= 0.3 is 0 Å². The van der Waals surface area contributed by atoms with E-state index >= 15 is 0 Å². The van der Waals surface area contributed by atoms with E-state index in [4.69, 9.17) is 9.47 Å². The number of carbonyl (C=O) groups is 1. The van der Waals surface area contributed by atoms with Gasteiger partial charge in [0.15, 0.2) is 0 Å². The molecule has 3 aromatic rings. The molecule has 1 amide bonds. The third-order valence-corrected chi connectivity index (χ3v) is 7.44. The summed E-state index contributed by atoms with van der Waals surface area (Å²) in [6.07, 6.45) is 5.59. The molecule has 2 fully saturated rings. The van der Waals surface area contributed by atoms with Crippen LogP contribution in [-0.2, 0) is 9.53 Å². The van der Waals surface area contributed by atoms with Crippen molar-refractivity contribution in [2.75, 3.05) is 26.8 Å². The third kappa shape index (κ3) is 4.47. The first kappa shape index (κ1) is 21.9. The molecule has 3 heterocycles. The highest BCUT2D eigenvalue weighted by Crippen LogP contribution is 2.37. The van der Waals surface area contributed by atoms with E-state index in [0.717, 1.165) is 73.2 Å². The van der Waals surface area contributed by atoms with Crippen molar-refractivity contribution < 1.29 is 14.3 Å². The molecule has 5 rings (SSSR count). The summed E-state index contributed by atoms with van der Waals surface area (Å²) in [6.45, 7) is 4.72. The van der Waals surface area contributed by atoms with Crippen LogP contribution in [0.4, 0.5) is 0 Å². The van der Waals surface area contributed by atoms with Crippen molar-refractivity contribution in [3.8, 4) is 16.9 Å². The lowest BCUT2D eigenvalue weighted by Crippen LogP contribution is -2.44. The molecule has 0 N–H and O–H groups in total. The molecule has 2 aliphatic heterocycles. The van der Waals surface area contributed by atoms with Crippen LogP contribution in [0.5, 0.6) is 5.75 Å². The number of benzene rings is 2. The minimum absolute atomic E-state index is 0.196. The van der Waals surface area contributed by atoms with Gasteiger partial charge in [-0.2, -0.15) is 0 Å². The Hall–Kier alpha value is -2.92. The maximum atomic E-state index is 12.6. The van der Waals surface area contributed by atoms with E-state index in [0.29, 0.717) is 11.8 Å². The summed E-state index contributed by atoms with van der Waals surface area (Å²) in [6, 6.07) is 17.0. The van der Waals surface area contributed by atoms with Crippen LogP contribution in [0.2, 0.25) is 0 Å². The van der Waals surface area contributed by atoms with E-state index in [-0.39, 0.29) is 12.0 Å². The summed E-state index contributed by atoms with van der Waals surface area (Å²) in [5.74, 6) is 2.10. The number of fused-ring (bicyclic) bond motifs is 1. The van der Waals surface area contributed by atoms with Crippen molar-refractivity contribution in [1.29, 1.82) is 0 Å². The number of nitrogens with zero attached hydrogens (tertiary/aromatic N) is 2. The Morgan fingerprint density at radius 2 is 1.91 bits per heavy atom. The Kier molecular flexibility index (Phi) is 6.32. The number of piperidine rings is 1. The summed E-state index contributed by atoms with van der Waals surface area (Å²) in [5, 5.41) is 1.08. The van der Waals surface area contributed by atoms with E-state index in [9.17, 15) is 4.79 Å². The van der Waals surface area contributed by atoms with Crippen molar-refractivity contribution in [2.24, 2.45) is 5.92 Å².